The number of amides is 1. The van der Waals surface area contributed by atoms with Gasteiger partial charge in [0, 0.05) is 12.0 Å². The molecular formula is C25H27F4NO3. The lowest BCUT2D eigenvalue weighted by Gasteiger charge is -2.37. The molecule has 0 radical (unpaired) electrons. The lowest BCUT2D eigenvalue weighted by molar-refractivity contribution is -0.264. The first kappa shape index (κ1) is 26.2. The van der Waals surface area contributed by atoms with Gasteiger partial charge in [-0.2, -0.15) is 13.2 Å². The van der Waals surface area contributed by atoms with Crippen LogP contribution in [0.2, 0.25) is 0 Å². The Morgan fingerprint density at radius 2 is 1.79 bits per heavy atom. The summed E-state index contributed by atoms with van der Waals surface area (Å²) < 4.78 is 59.9. The van der Waals surface area contributed by atoms with Gasteiger partial charge in [-0.3, -0.25) is 4.79 Å². The van der Waals surface area contributed by atoms with Crippen molar-refractivity contribution in [2.45, 2.75) is 56.8 Å². The first-order valence-electron chi connectivity index (χ1n) is 10.2. The fraction of sp³-hybridized carbons (Fsp3) is 0.400. The minimum atomic E-state index is -4.98. The van der Waals surface area contributed by atoms with Crippen molar-refractivity contribution in [3.8, 4) is 18.1 Å². The first-order valence-corrected chi connectivity index (χ1v) is 10.2. The van der Waals surface area contributed by atoms with E-state index < -0.39 is 47.8 Å². The van der Waals surface area contributed by atoms with Gasteiger partial charge in [-0.1, -0.05) is 32.0 Å². The highest BCUT2D eigenvalue weighted by molar-refractivity contribution is 5.96. The van der Waals surface area contributed by atoms with Gasteiger partial charge in [0.25, 0.3) is 5.91 Å². The summed E-state index contributed by atoms with van der Waals surface area (Å²) in [5, 5.41) is 13.1. The molecule has 8 heteroatoms. The molecule has 0 aromatic heterocycles. The van der Waals surface area contributed by atoms with Gasteiger partial charge in [0.2, 0.25) is 0 Å². The Kier molecular flexibility index (Phi) is 7.81. The molecule has 33 heavy (non-hydrogen) atoms. The normalized spacial score (nSPS) is 14.7. The second kappa shape index (κ2) is 9.84. The Morgan fingerprint density at radius 1 is 1.18 bits per heavy atom. The summed E-state index contributed by atoms with van der Waals surface area (Å²) >= 11 is 0. The maximum Gasteiger partial charge on any atom is 0.418 e. The number of carbonyl (C=O) groups excluding carboxylic acids is 1. The SMILES string of the molecule is C#CCC(O)(CC(C)(C)c1ccc(F)cc1C(=O)NC(C)c1ccc(OC)cc1)C(F)(F)F. The molecule has 2 rings (SSSR count). The highest BCUT2D eigenvalue weighted by Crippen LogP contribution is 2.43. The van der Waals surface area contributed by atoms with Gasteiger partial charge >= 0.3 is 6.18 Å². The van der Waals surface area contributed by atoms with Crippen molar-refractivity contribution in [1.29, 1.82) is 0 Å². The third kappa shape index (κ3) is 6.05. The molecule has 2 aromatic carbocycles. The number of halogens is 4. The van der Waals surface area contributed by atoms with Crippen LogP contribution in [0.3, 0.4) is 0 Å². The molecule has 0 spiro atoms. The van der Waals surface area contributed by atoms with Gasteiger partial charge in [0.1, 0.15) is 11.6 Å². The summed E-state index contributed by atoms with van der Waals surface area (Å²) in [5.74, 6) is 1.13. The Bertz CT molecular complexity index is 1030. The zero-order valence-corrected chi connectivity index (χ0v) is 18.9. The molecule has 1 amide bonds. The standard InChI is InChI=1S/C25H27F4NO3/c1-6-13-24(32,25(27,28)29)15-23(3,4)21-12-9-18(26)14-20(21)22(31)30-16(2)17-7-10-19(33-5)11-8-17/h1,7-12,14,16,32H,13,15H2,2-5H3,(H,30,31). The van der Waals surface area contributed by atoms with Gasteiger partial charge in [-0.15, -0.1) is 12.3 Å². The van der Waals surface area contributed by atoms with E-state index in [0.29, 0.717) is 5.75 Å². The average molecular weight is 465 g/mol. The molecule has 0 heterocycles. The van der Waals surface area contributed by atoms with Crippen molar-refractivity contribution >= 4 is 5.91 Å². The number of methoxy groups -OCH3 is 1. The van der Waals surface area contributed by atoms with Crippen molar-refractivity contribution in [2.75, 3.05) is 7.11 Å². The Balaban J connectivity index is 2.38. The summed E-state index contributed by atoms with van der Waals surface area (Å²) in [4.78, 5) is 13.0. The number of alkyl halides is 3. The molecule has 2 unspecified atom stereocenters. The van der Waals surface area contributed by atoms with E-state index in [4.69, 9.17) is 11.2 Å². The number of hydrogen-bond acceptors (Lipinski definition) is 3. The maximum atomic E-state index is 14.0. The van der Waals surface area contributed by atoms with E-state index >= 15 is 0 Å². The fourth-order valence-corrected chi connectivity index (χ4v) is 3.80. The molecule has 0 aliphatic carbocycles. The summed E-state index contributed by atoms with van der Waals surface area (Å²) in [6.07, 6.45) is -1.68. The molecule has 0 bridgehead atoms. The van der Waals surface area contributed by atoms with Crippen LogP contribution in [0.4, 0.5) is 17.6 Å². The van der Waals surface area contributed by atoms with E-state index in [1.807, 2.05) is 5.92 Å². The number of nitrogens with one attached hydrogen (secondary N) is 1. The van der Waals surface area contributed by atoms with Gasteiger partial charge in [-0.05, 0) is 54.2 Å². The molecule has 0 saturated carbocycles. The molecule has 0 aliphatic rings. The molecule has 0 fully saturated rings. The highest BCUT2D eigenvalue weighted by atomic mass is 19.4. The van der Waals surface area contributed by atoms with Gasteiger partial charge in [-0.25, -0.2) is 4.39 Å². The van der Waals surface area contributed by atoms with Crippen LogP contribution in [0.1, 0.15) is 61.1 Å². The van der Waals surface area contributed by atoms with E-state index in [9.17, 15) is 27.5 Å². The van der Waals surface area contributed by atoms with Crippen LogP contribution in [0, 0.1) is 18.2 Å². The molecule has 2 aromatic rings. The quantitative estimate of drug-likeness (QED) is 0.410. The lowest BCUT2D eigenvalue weighted by atomic mass is 9.72. The van der Waals surface area contributed by atoms with Crippen molar-refractivity contribution in [3.05, 3.63) is 65.0 Å². The largest absolute Gasteiger partial charge is 0.497 e. The number of ether oxygens (including phenoxy) is 1. The van der Waals surface area contributed by atoms with Crippen molar-refractivity contribution in [3.63, 3.8) is 0 Å². The lowest BCUT2D eigenvalue weighted by Crippen LogP contribution is -2.49. The monoisotopic (exact) mass is 465 g/mol. The van der Waals surface area contributed by atoms with Crippen LogP contribution in [0.25, 0.3) is 0 Å². The molecule has 2 atom stereocenters. The summed E-state index contributed by atoms with van der Waals surface area (Å²) in [5.41, 5.74) is -3.75. The number of benzene rings is 2. The first-order chi connectivity index (χ1) is 15.2. The molecule has 0 aliphatic heterocycles. The molecular weight excluding hydrogens is 438 g/mol. The molecule has 178 valence electrons. The summed E-state index contributed by atoms with van der Waals surface area (Å²) in [6.45, 7) is 4.60. The smallest absolute Gasteiger partial charge is 0.418 e. The second-order valence-electron chi connectivity index (χ2n) is 8.63. The molecule has 0 saturated heterocycles. The highest BCUT2D eigenvalue weighted by Gasteiger charge is 2.55. The average Bonchev–Trinajstić information content (AvgIpc) is 2.72. The second-order valence-corrected chi connectivity index (χ2v) is 8.63. The third-order valence-corrected chi connectivity index (χ3v) is 5.58. The Hall–Kier alpha value is -3.05. The van der Waals surface area contributed by atoms with Crippen LogP contribution >= 0.6 is 0 Å². The zero-order chi connectivity index (χ0) is 25.0. The minimum Gasteiger partial charge on any atom is -0.497 e. The van der Waals surface area contributed by atoms with Crippen LogP contribution in [0.15, 0.2) is 42.5 Å². The van der Waals surface area contributed by atoms with E-state index in [0.717, 1.165) is 17.7 Å². The van der Waals surface area contributed by atoms with Gasteiger partial charge in [0.15, 0.2) is 5.60 Å². The van der Waals surface area contributed by atoms with Crippen LogP contribution in [0.5, 0.6) is 5.75 Å². The fourth-order valence-electron chi connectivity index (χ4n) is 3.80. The van der Waals surface area contributed by atoms with Crippen LogP contribution in [-0.4, -0.2) is 29.9 Å². The van der Waals surface area contributed by atoms with Gasteiger partial charge < -0.3 is 15.2 Å². The van der Waals surface area contributed by atoms with E-state index in [1.54, 1.807) is 31.2 Å². The summed E-state index contributed by atoms with van der Waals surface area (Å²) in [6, 6.07) is 9.77. The Morgan fingerprint density at radius 3 is 2.30 bits per heavy atom. The Labute approximate surface area is 191 Å². The van der Waals surface area contributed by atoms with Crippen molar-refractivity contribution in [2.24, 2.45) is 0 Å². The predicted molar refractivity (Wildman–Crippen MR) is 117 cm³/mol. The number of rotatable bonds is 8. The topological polar surface area (TPSA) is 58.6 Å². The zero-order valence-electron chi connectivity index (χ0n) is 18.9. The van der Waals surface area contributed by atoms with E-state index in [-0.39, 0.29) is 11.1 Å². The minimum absolute atomic E-state index is 0.120. The molecule has 4 nitrogen and oxygen atoms in total. The predicted octanol–water partition coefficient (Wildman–Crippen LogP) is 5.31. The maximum absolute atomic E-state index is 14.0. The third-order valence-electron chi connectivity index (χ3n) is 5.58. The number of terminal acetylenes is 1. The number of aliphatic hydroxyl groups is 1. The summed E-state index contributed by atoms with van der Waals surface area (Å²) in [7, 11) is 1.52. The molecule has 2 N–H and O–H groups in total. The van der Waals surface area contributed by atoms with Crippen molar-refractivity contribution in [1.82, 2.24) is 5.32 Å². The van der Waals surface area contributed by atoms with E-state index in [2.05, 4.69) is 5.32 Å². The van der Waals surface area contributed by atoms with Crippen LogP contribution in [-0.2, 0) is 5.41 Å². The number of carbonyl (C=O) groups is 1. The number of hydrogen-bond donors (Lipinski definition) is 2. The van der Waals surface area contributed by atoms with Crippen molar-refractivity contribution < 1.29 is 32.2 Å². The van der Waals surface area contributed by atoms with Gasteiger partial charge in [0.05, 0.1) is 13.2 Å². The van der Waals surface area contributed by atoms with E-state index in [1.165, 1.54) is 27.0 Å². The van der Waals surface area contributed by atoms with Crippen LogP contribution < -0.4 is 10.1 Å².